The second kappa shape index (κ2) is 18.2. The van der Waals surface area contributed by atoms with Crippen molar-refractivity contribution in [3.8, 4) is 5.69 Å². The van der Waals surface area contributed by atoms with Crippen molar-refractivity contribution in [2.75, 3.05) is 5.32 Å². The van der Waals surface area contributed by atoms with Gasteiger partial charge in [-0.3, -0.25) is 19.1 Å². The summed E-state index contributed by atoms with van der Waals surface area (Å²) in [6.45, 7) is 6.79. The maximum absolute atomic E-state index is 12.9. The van der Waals surface area contributed by atoms with E-state index in [0.29, 0.717) is 24.3 Å². The van der Waals surface area contributed by atoms with Crippen LogP contribution in [-0.2, 0) is 16.1 Å². The Morgan fingerprint density at radius 3 is 2.05 bits per heavy atom. The SMILES string of the molecule is CCCCCCCCCCCCCC=CCC(CC(=O)O)C(=O)Nc1ccc(-n2c(=O)cc(C)n2CC)cc1. The summed E-state index contributed by atoms with van der Waals surface area (Å²) in [6.07, 6.45) is 19.5. The van der Waals surface area contributed by atoms with Gasteiger partial charge in [0.2, 0.25) is 5.91 Å². The van der Waals surface area contributed by atoms with Crippen LogP contribution in [0.1, 0.15) is 109 Å². The number of aromatic nitrogens is 2. The number of aliphatic carboxylic acids is 1. The first-order valence-corrected chi connectivity index (χ1v) is 14.9. The Hall–Kier alpha value is -3.09. The van der Waals surface area contributed by atoms with E-state index in [1.165, 1.54) is 64.2 Å². The van der Waals surface area contributed by atoms with E-state index >= 15 is 0 Å². The van der Waals surface area contributed by atoms with Crippen molar-refractivity contribution < 1.29 is 14.7 Å². The number of allylic oxidation sites excluding steroid dienone is 2. The lowest BCUT2D eigenvalue weighted by Crippen LogP contribution is -2.25. The third-order valence-corrected chi connectivity index (χ3v) is 7.22. The molecule has 0 aliphatic rings. The van der Waals surface area contributed by atoms with E-state index in [4.69, 9.17) is 0 Å². The lowest BCUT2D eigenvalue weighted by Gasteiger charge is -2.15. The van der Waals surface area contributed by atoms with Gasteiger partial charge in [0.1, 0.15) is 0 Å². The first-order chi connectivity index (χ1) is 18.9. The van der Waals surface area contributed by atoms with Crippen LogP contribution in [0.4, 0.5) is 5.69 Å². The van der Waals surface area contributed by atoms with Gasteiger partial charge in [0.15, 0.2) is 0 Å². The molecule has 1 amide bonds. The Bertz CT molecular complexity index is 1080. The standard InChI is InChI=1S/C32H49N3O4/c1-4-6-7-8-9-10-11-12-13-14-15-16-17-18-19-27(25-31(37)38)32(39)33-28-20-22-29(23-21-28)35-30(36)24-26(3)34(35)5-2/h17-18,20-24,27H,4-16,19,25H2,1-3H3,(H,33,39)(H,37,38). The number of hydrogen-bond donors (Lipinski definition) is 2. The smallest absolute Gasteiger partial charge is 0.304 e. The highest BCUT2D eigenvalue weighted by Gasteiger charge is 2.21. The number of aryl methyl sites for hydroxylation is 1. The van der Waals surface area contributed by atoms with E-state index in [1.54, 1.807) is 35.0 Å². The van der Waals surface area contributed by atoms with Gasteiger partial charge in [-0.2, -0.15) is 0 Å². The average molecular weight is 540 g/mol. The van der Waals surface area contributed by atoms with E-state index in [9.17, 15) is 19.5 Å². The molecule has 0 fully saturated rings. The molecular weight excluding hydrogens is 490 g/mol. The predicted octanol–water partition coefficient (Wildman–Crippen LogP) is 7.64. The zero-order chi connectivity index (χ0) is 28.5. The first kappa shape index (κ1) is 32.1. The topological polar surface area (TPSA) is 93.3 Å². The highest BCUT2D eigenvalue weighted by Crippen LogP contribution is 2.18. The van der Waals surface area contributed by atoms with Crippen LogP contribution >= 0.6 is 0 Å². The van der Waals surface area contributed by atoms with Crippen molar-refractivity contribution >= 4 is 17.6 Å². The molecule has 0 aliphatic heterocycles. The summed E-state index contributed by atoms with van der Waals surface area (Å²) in [5.41, 5.74) is 2.06. The van der Waals surface area contributed by atoms with Crippen LogP contribution in [0.15, 0.2) is 47.3 Å². The molecule has 39 heavy (non-hydrogen) atoms. The van der Waals surface area contributed by atoms with Gasteiger partial charge in [0.05, 0.1) is 18.0 Å². The van der Waals surface area contributed by atoms with Crippen LogP contribution in [0.25, 0.3) is 5.69 Å². The fraction of sp³-hybridized carbons (Fsp3) is 0.594. The molecule has 0 radical (unpaired) electrons. The fourth-order valence-electron chi connectivity index (χ4n) is 4.98. The number of carbonyl (C=O) groups excluding carboxylic acids is 1. The third kappa shape index (κ3) is 11.7. The number of rotatable bonds is 20. The monoisotopic (exact) mass is 539 g/mol. The molecule has 1 heterocycles. The molecule has 0 saturated carbocycles. The Balaban J connectivity index is 1.75. The number of benzene rings is 1. The van der Waals surface area contributed by atoms with E-state index in [1.807, 2.05) is 24.6 Å². The highest BCUT2D eigenvalue weighted by molar-refractivity contribution is 5.94. The molecule has 0 saturated heterocycles. The van der Waals surface area contributed by atoms with Gasteiger partial charge in [0, 0.05) is 24.0 Å². The molecule has 1 aromatic carbocycles. The third-order valence-electron chi connectivity index (χ3n) is 7.22. The largest absolute Gasteiger partial charge is 0.481 e. The molecule has 0 aliphatic carbocycles. The number of anilines is 1. The Labute approximate surface area is 234 Å². The predicted molar refractivity (Wildman–Crippen MR) is 160 cm³/mol. The van der Waals surface area contributed by atoms with E-state index in [-0.39, 0.29) is 17.9 Å². The molecule has 0 bridgehead atoms. The minimum atomic E-state index is -0.987. The number of hydrogen-bond acceptors (Lipinski definition) is 3. The summed E-state index contributed by atoms with van der Waals surface area (Å²) in [7, 11) is 0. The lowest BCUT2D eigenvalue weighted by atomic mass is 9.99. The molecule has 7 heteroatoms. The molecule has 1 aromatic heterocycles. The van der Waals surface area contributed by atoms with E-state index in [0.717, 1.165) is 18.5 Å². The molecule has 0 spiro atoms. The summed E-state index contributed by atoms with van der Waals surface area (Å²) >= 11 is 0. The minimum Gasteiger partial charge on any atom is -0.481 e. The summed E-state index contributed by atoms with van der Waals surface area (Å²) < 4.78 is 3.50. The van der Waals surface area contributed by atoms with Crippen LogP contribution in [0.5, 0.6) is 0 Å². The molecule has 2 rings (SSSR count). The van der Waals surface area contributed by atoms with Crippen molar-refractivity contribution in [1.29, 1.82) is 0 Å². The van der Waals surface area contributed by atoms with Crippen molar-refractivity contribution in [1.82, 2.24) is 9.36 Å². The molecule has 2 aromatic rings. The number of carboxylic acid groups (broad SMARTS) is 1. The molecular formula is C32H49N3O4. The zero-order valence-electron chi connectivity index (χ0n) is 24.3. The zero-order valence-corrected chi connectivity index (χ0v) is 24.3. The number of amides is 1. The number of carbonyl (C=O) groups is 2. The van der Waals surface area contributed by atoms with E-state index < -0.39 is 11.9 Å². The summed E-state index contributed by atoms with van der Waals surface area (Å²) in [5.74, 6) is -1.94. The maximum Gasteiger partial charge on any atom is 0.304 e. The summed E-state index contributed by atoms with van der Waals surface area (Å²) in [4.78, 5) is 36.6. The molecule has 216 valence electrons. The minimum absolute atomic E-state index is 0.104. The number of unbranched alkanes of at least 4 members (excludes halogenated alkanes) is 11. The van der Waals surface area contributed by atoms with Crippen molar-refractivity contribution in [2.45, 2.75) is 117 Å². The van der Waals surface area contributed by atoms with Crippen molar-refractivity contribution in [3.63, 3.8) is 0 Å². The fourth-order valence-corrected chi connectivity index (χ4v) is 4.98. The van der Waals surface area contributed by atoms with Gasteiger partial charge < -0.3 is 10.4 Å². The normalized spacial score (nSPS) is 12.2. The highest BCUT2D eigenvalue weighted by atomic mass is 16.4. The lowest BCUT2D eigenvalue weighted by molar-refractivity contribution is -0.140. The average Bonchev–Trinajstić information content (AvgIpc) is 3.20. The van der Waals surface area contributed by atoms with Gasteiger partial charge >= 0.3 is 5.97 Å². The number of nitrogens with zero attached hydrogens (tertiary/aromatic N) is 2. The molecule has 1 unspecified atom stereocenters. The van der Waals surface area contributed by atoms with Gasteiger partial charge in [0.25, 0.3) is 5.56 Å². The van der Waals surface area contributed by atoms with Crippen LogP contribution in [0.3, 0.4) is 0 Å². The second-order valence-electron chi connectivity index (χ2n) is 10.5. The van der Waals surface area contributed by atoms with Gasteiger partial charge in [-0.25, -0.2) is 4.68 Å². The van der Waals surface area contributed by atoms with Crippen LogP contribution in [0.2, 0.25) is 0 Å². The number of nitrogens with one attached hydrogen (secondary N) is 1. The Kier molecular flexibility index (Phi) is 15.0. The van der Waals surface area contributed by atoms with Gasteiger partial charge in [-0.1, -0.05) is 83.3 Å². The second-order valence-corrected chi connectivity index (χ2v) is 10.5. The maximum atomic E-state index is 12.9. The van der Waals surface area contributed by atoms with Crippen LogP contribution < -0.4 is 10.9 Å². The van der Waals surface area contributed by atoms with Crippen LogP contribution in [-0.4, -0.2) is 26.3 Å². The summed E-state index contributed by atoms with van der Waals surface area (Å²) in [5, 5.41) is 12.2. The molecule has 1 atom stereocenters. The van der Waals surface area contributed by atoms with Crippen molar-refractivity contribution in [2.24, 2.45) is 5.92 Å². The van der Waals surface area contributed by atoms with Crippen LogP contribution in [0, 0.1) is 12.8 Å². The first-order valence-electron chi connectivity index (χ1n) is 14.9. The van der Waals surface area contributed by atoms with E-state index in [2.05, 4.69) is 18.3 Å². The Morgan fingerprint density at radius 1 is 0.897 bits per heavy atom. The molecule has 7 nitrogen and oxygen atoms in total. The Morgan fingerprint density at radius 2 is 1.49 bits per heavy atom. The van der Waals surface area contributed by atoms with Crippen molar-refractivity contribution in [3.05, 3.63) is 58.5 Å². The summed E-state index contributed by atoms with van der Waals surface area (Å²) in [6, 6.07) is 8.63. The number of carboxylic acids is 1. The van der Waals surface area contributed by atoms with Gasteiger partial charge in [-0.15, -0.1) is 0 Å². The molecule has 2 N–H and O–H groups in total. The van der Waals surface area contributed by atoms with Gasteiger partial charge in [-0.05, 0) is 57.4 Å². The quantitative estimate of drug-likeness (QED) is 0.133.